The maximum absolute atomic E-state index is 4.61. The van der Waals surface area contributed by atoms with E-state index in [0.29, 0.717) is 0 Å². The summed E-state index contributed by atoms with van der Waals surface area (Å²) in [5.74, 6) is 1.24. The molecule has 1 fully saturated rings. The van der Waals surface area contributed by atoms with Crippen LogP contribution in [0.5, 0.6) is 0 Å². The minimum Gasteiger partial charge on any atom is -0.357 e. The van der Waals surface area contributed by atoms with Gasteiger partial charge in [0.05, 0.1) is 0 Å². The average Bonchev–Trinajstić information content (AvgIpc) is 2.19. The molecule has 0 amide bonds. The molecule has 0 spiro atoms. The van der Waals surface area contributed by atoms with Crippen LogP contribution in [0.4, 0.5) is 0 Å². The number of hydrogen-bond acceptors (Lipinski definition) is 2. The van der Waals surface area contributed by atoms with Crippen LogP contribution >= 0.6 is 0 Å². The summed E-state index contributed by atoms with van der Waals surface area (Å²) < 4.78 is 0. The van der Waals surface area contributed by atoms with Gasteiger partial charge in [0, 0.05) is 18.8 Å². The van der Waals surface area contributed by atoms with Gasteiger partial charge in [-0.1, -0.05) is 0 Å². The van der Waals surface area contributed by atoms with Crippen LogP contribution in [0.25, 0.3) is 0 Å². The molecule has 0 bridgehead atoms. The van der Waals surface area contributed by atoms with E-state index in [0.717, 1.165) is 6.42 Å². The van der Waals surface area contributed by atoms with E-state index in [1.807, 2.05) is 0 Å². The van der Waals surface area contributed by atoms with Crippen molar-refractivity contribution in [3.05, 3.63) is 11.9 Å². The molecular weight excluding hydrogens is 160 g/mol. The number of piperidine rings is 1. The van der Waals surface area contributed by atoms with Crippen molar-refractivity contribution in [3.63, 3.8) is 0 Å². The van der Waals surface area contributed by atoms with Gasteiger partial charge in [0.2, 0.25) is 0 Å². The minimum absolute atomic E-state index is 1.15. The van der Waals surface area contributed by atoms with Gasteiger partial charge in [-0.3, -0.25) is 0 Å². The number of aliphatic imine (C=N–C) groups is 1. The highest BCUT2D eigenvalue weighted by Crippen LogP contribution is 2.19. The predicted octanol–water partition coefficient (Wildman–Crippen LogP) is 2.57. The molecule has 2 heteroatoms. The van der Waals surface area contributed by atoms with Crippen LogP contribution in [0.2, 0.25) is 0 Å². The summed E-state index contributed by atoms with van der Waals surface area (Å²) in [5.41, 5.74) is 1.29. The van der Waals surface area contributed by atoms with Crippen molar-refractivity contribution in [1.82, 2.24) is 4.90 Å². The average molecular weight is 178 g/mol. The fourth-order valence-electron chi connectivity index (χ4n) is 2.03. The zero-order chi connectivity index (χ0) is 9.10. The van der Waals surface area contributed by atoms with Gasteiger partial charge >= 0.3 is 0 Å². The third kappa shape index (κ3) is 2.11. The molecule has 0 aromatic carbocycles. The molecule has 0 radical (unpaired) electrons. The Morgan fingerprint density at radius 3 is 2.69 bits per heavy atom. The molecule has 0 saturated carbocycles. The molecule has 2 nitrogen and oxygen atoms in total. The van der Waals surface area contributed by atoms with Crippen molar-refractivity contribution in [2.24, 2.45) is 4.99 Å². The van der Waals surface area contributed by atoms with Gasteiger partial charge < -0.3 is 4.90 Å². The Labute approximate surface area is 80.3 Å². The molecule has 72 valence electrons. The lowest BCUT2D eigenvalue weighted by Gasteiger charge is -2.30. The van der Waals surface area contributed by atoms with Crippen molar-refractivity contribution in [1.29, 1.82) is 0 Å². The highest BCUT2D eigenvalue weighted by atomic mass is 15.2. The summed E-state index contributed by atoms with van der Waals surface area (Å²) in [6, 6.07) is 0. The first-order valence-electron chi connectivity index (χ1n) is 5.35. The standard InChI is InChI=1S/C11H18N2/c1-10-6-5-7-11(12-10)13-8-3-2-4-9-13/h7H,2-6,8-9H2,1H3. The maximum atomic E-state index is 4.61. The maximum Gasteiger partial charge on any atom is 0.124 e. The summed E-state index contributed by atoms with van der Waals surface area (Å²) in [4.78, 5) is 7.05. The second-order valence-corrected chi connectivity index (χ2v) is 4.00. The zero-order valence-corrected chi connectivity index (χ0v) is 8.42. The molecule has 0 aliphatic carbocycles. The monoisotopic (exact) mass is 178 g/mol. The summed E-state index contributed by atoms with van der Waals surface area (Å²) >= 11 is 0. The smallest absolute Gasteiger partial charge is 0.124 e. The second kappa shape index (κ2) is 3.95. The Morgan fingerprint density at radius 1 is 1.23 bits per heavy atom. The fourth-order valence-corrected chi connectivity index (χ4v) is 2.03. The van der Waals surface area contributed by atoms with E-state index in [4.69, 9.17) is 0 Å². The van der Waals surface area contributed by atoms with Gasteiger partial charge in [-0.2, -0.15) is 0 Å². The van der Waals surface area contributed by atoms with Crippen LogP contribution in [0.1, 0.15) is 39.0 Å². The van der Waals surface area contributed by atoms with Crippen molar-refractivity contribution in [3.8, 4) is 0 Å². The van der Waals surface area contributed by atoms with Crippen molar-refractivity contribution < 1.29 is 0 Å². The molecule has 0 N–H and O–H groups in total. The molecule has 2 aliphatic heterocycles. The van der Waals surface area contributed by atoms with Gasteiger partial charge in [0.25, 0.3) is 0 Å². The van der Waals surface area contributed by atoms with E-state index in [2.05, 4.69) is 22.9 Å². The Balaban J connectivity index is 2.02. The van der Waals surface area contributed by atoms with E-state index in [-0.39, 0.29) is 0 Å². The Kier molecular flexibility index (Phi) is 2.67. The van der Waals surface area contributed by atoms with Gasteiger partial charge in [0.15, 0.2) is 0 Å². The van der Waals surface area contributed by atoms with Gasteiger partial charge in [0.1, 0.15) is 5.82 Å². The quantitative estimate of drug-likeness (QED) is 0.602. The van der Waals surface area contributed by atoms with Crippen LogP contribution in [-0.4, -0.2) is 23.7 Å². The molecular formula is C11H18N2. The highest BCUT2D eigenvalue weighted by molar-refractivity contribution is 5.83. The number of allylic oxidation sites excluding steroid dienone is 1. The number of nitrogens with zero attached hydrogens (tertiary/aromatic N) is 2. The van der Waals surface area contributed by atoms with E-state index in [9.17, 15) is 0 Å². The number of hydrogen-bond donors (Lipinski definition) is 0. The summed E-state index contributed by atoms with van der Waals surface area (Å²) in [7, 11) is 0. The largest absolute Gasteiger partial charge is 0.357 e. The first-order chi connectivity index (χ1) is 6.36. The molecule has 2 aliphatic rings. The molecule has 2 rings (SSSR count). The highest BCUT2D eigenvalue weighted by Gasteiger charge is 2.14. The SMILES string of the molecule is CC1=NC(N2CCCCC2)=CCC1. The van der Waals surface area contributed by atoms with Crippen LogP contribution in [-0.2, 0) is 0 Å². The first kappa shape index (κ1) is 8.79. The summed E-state index contributed by atoms with van der Waals surface area (Å²) in [5, 5.41) is 0. The normalized spacial score (nSPS) is 23.9. The predicted molar refractivity (Wildman–Crippen MR) is 55.9 cm³/mol. The van der Waals surface area contributed by atoms with E-state index in [1.54, 1.807) is 0 Å². The number of rotatable bonds is 1. The molecule has 0 unspecified atom stereocenters. The Morgan fingerprint density at radius 2 is 2.00 bits per heavy atom. The Hall–Kier alpha value is -0.790. The molecule has 1 saturated heterocycles. The van der Waals surface area contributed by atoms with Gasteiger partial charge in [-0.15, -0.1) is 0 Å². The third-order valence-electron chi connectivity index (χ3n) is 2.82. The lowest BCUT2D eigenvalue weighted by molar-refractivity contribution is 0.281. The summed E-state index contributed by atoms with van der Waals surface area (Å²) in [6.07, 6.45) is 8.70. The zero-order valence-electron chi connectivity index (χ0n) is 8.42. The van der Waals surface area contributed by atoms with E-state index < -0.39 is 0 Å². The summed E-state index contributed by atoms with van der Waals surface area (Å²) in [6.45, 7) is 4.56. The van der Waals surface area contributed by atoms with Crippen molar-refractivity contribution in [2.45, 2.75) is 39.0 Å². The third-order valence-corrected chi connectivity index (χ3v) is 2.82. The number of likely N-dealkylation sites (tertiary alicyclic amines) is 1. The fraction of sp³-hybridized carbons (Fsp3) is 0.727. The first-order valence-corrected chi connectivity index (χ1v) is 5.35. The lowest BCUT2D eigenvalue weighted by atomic mass is 10.1. The van der Waals surface area contributed by atoms with E-state index in [1.165, 1.54) is 50.3 Å². The van der Waals surface area contributed by atoms with Crippen LogP contribution in [0.3, 0.4) is 0 Å². The molecule has 2 heterocycles. The second-order valence-electron chi connectivity index (χ2n) is 4.00. The van der Waals surface area contributed by atoms with Crippen LogP contribution in [0, 0.1) is 0 Å². The van der Waals surface area contributed by atoms with Crippen molar-refractivity contribution in [2.75, 3.05) is 13.1 Å². The topological polar surface area (TPSA) is 15.6 Å². The molecule has 0 atom stereocenters. The van der Waals surface area contributed by atoms with E-state index >= 15 is 0 Å². The Bertz CT molecular complexity index is 234. The molecule has 0 aromatic heterocycles. The van der Waals surface area contributed by atoms with Gasteiger partial charge in [-0.25, -0.2) is 4.99 Å². The van der Waals surface area contributed by atoms with Crippen LogP contribution in [0.15, 0.2) is 16.9 Å². The minimum atomic E-state index is 1.15. The van der Waals surface area contributed by atoms with Gasteiger partial charge in [-0.05, 0) is 45.1 Å². The van der Waals surface area contributed by atoms with Crippen molar-refractivity contribution >= 4 is 5.71 Å². The molecule has 0 aromatic rings. The van der Waals surface area contributed by atoms with Crippen LogP contribution < -0.4 is 0 Å². The lowest BCUT2D eigenvalue weighted by Crippen LogP contribution is -2.29. The molecule has 13 heavy (non-hydrogen) atoms.